The smallest absolute Gasteiger partial charge is 0.150 e. The zero-order valence-electron chi connectivity index (χ0n) is 9.37. The third-order valence-corrected chi connectivity index (χ3v) is 3.65. The first-order chi connectivity index (χ1) is 8.16. The van der Waals surface area contributed by atoms with Gasteiger partial charge in [0.1, 0.15) is 15.0 Å². The number of nitrogen functional groups attached to an aromatic ring is 1. The molecule has 1 fully saturated rings. The van der Waals surface area contributed by atoms with Gasteiger partial charge in [-0.3, -0.25) is 4.40 Å². The number of imidazole rings is 1. The summed E-state index contributed by atoms with van der Waals surface area (Å²) in [5, 5.41) is 3.22. The molecule has 1 saturated heterocycles. The van der Waals surface area contributed by atoms with E-state index in [-0.39, 0.29) is 0 Å². The van der Waals surface area contributed by atoms with Crippen molar-refractivity contribution in [1.82, 2.24) is 19.7 Å². The number of rotatable bonds is 1. The Morgan fingerprint density at radius 1 is 1.53 bits per heavy atom. The standard InChI is InChI=1S/C11H12IN5/c1-6-16-10(12)9-11(13)15-5-8(17(6)9)2-7-3-14-4-7/h2,5,14H,3-4H2,1H3,(H2,13,15). The first-order valence-electron chi connectivity index (χ1n) is 5.36. The van der Waals surface area contributed by atoms with E-state index in [1.54, 1.807) is 6.20 Å². The van der Waals surface area contributed by atoms with Crippen molar-refractivity contribution in [3.8, 4) is 0 Å². The SMILES string of the molecule is Cc1nc(I)c2c(N)ncc(C=C3CNC3)n12. The van der Waals surface area contributed by atoms with Gasteiger partial charge >= 0.3 is 0 Å². The van der Waals surface area contributed by atoms with E-state index in [9.17, 15) is 0 Å². The topological polar surface area (TPSA) is 68.2 Å². The second-order valence-corrected chi connectivity index (χ2v) is 5.13. The van der Waals surface area contributed by atoms with Crippen LogP contribution in [0, 0.1) is 10.6 Å². The molecular weight excluding hydrogens is 329 g/mol. The summed E-state index contributed by atoms with van der Waals surface area (Å²) in [7, 11) is 0. The van der Waals surface area contributed by atoms with E-state index in [0.717, 1.165) is 33.8 Å². The molecule has 3 N–H and O–H groups in total. The molecule has 0 radical (unpaired) electrons. The molecule has 5 nitrogen and oxygen atoms in total. The van der Waals surface area contributed by atoms with Gasteiger partial charge in [-0.1, -0.05) is 0 Å². The molecule has 2 aromatic rings. The Hall–Kier alpha value is -1.15. The van der Waals surface area contributed by atoms with Crippen molar-refractivity contribution in [2.24, 2.45) is 0 Å². The minimum absolute atomic E-state index is 0.531. The molecule has 0 amide bonds. The zero-order chi connectivity index (χ0) is 12.0. The van der Waals surface area contributed by atoms with Crippen LogP contribution in [-0.2, 0) is 0 Å². The molecule has 0 saturated carbocycles. The highest BCUT2D eigenvalue weighted by molar-refractivity contribution is 14.1. The number of nitrogens with one attached hydrogen (secondary N) is 1. The Labute approximate surface area is 112 Å². The lowest BCUT2D eigenvalue weighted by atomic mass is 10.1. The van der Waals surface area contributed by atoms with Crippen LogP contribution in [-0.4, -0.2) is 27.5 Å². The van der Waals surface area contributed by atoms with Crippen molar-refractivity contribution in [1.29, 1.82) is 0 Å². The summed E-state index contributed by atoms with van der Waals surface area (Å²) >= 11 is 2.19. The van der Waals surface area contributed by atoms with Crippen molar-refractivity contribution in [3.05, 3.63) is 27.0 Å². The van der Waals surface area contributed by atoms with Crippen LogP contribution in [0.2, 0.25) is 0 Å². The first-order valence-corrected chi connectivity index (χ1v) is 6.44. The molecule has 3 heterocycles. The Balaban J connectivity index is 2.28. The second kappa shape index (κ2) is 3.95. The summed E-state index contributed by atoms with van der Waals surface area (Å²) in [5.74, 6) is 1.47. The van der Waals surface area contributed by atoms with Crippen LogP contribution in [0.4, 0.5) is 5.82 Å². The van der Waals surface area contributed by atoms with Crippen molar-refractivity contribution in [3.63, 3.8) is 0 Å². The second-order valence-electron chi connectivity index (χ2n) is 4.11. The van der Waals surface area contributed by atoms with Gasteiger partial charge in [0.2, 0.25) is 0 Å². The highest BCUT2D eigenvalue weighted by Crippen LogP contribution is 2.23. The average molecular weight is 341 g/mol. The number of fused-ring (bicyclic) bond motifs is 1. The fourth-order valence-corrected chi connectivity index (χ4v) is 2.84. The van der Waals surface area contributed by atoms with E-state index in [4.69, 9.17) is 5.73 Å². The Kier molecular flexibility index (Phi) is 2.55. The summed E-state index contributed by atoms with van der Waals surface area (Å²) in [6.07, 6.45) is 3.96. The number of hydrogen-bond donors (Lipinski definition) is 2. The van der Waals surface area contributed by atoms with E-state index >= 15 is 0 Å². The zero-order valence-corrected chi connectivity index (χ0v) is 11.5. The summed E-state index contributed by atoms with van der Waals surface area (Å²) in [6.45, 7) is 3.89. The third kappa shape index (κ3) is 1.71. The first kappa shape index (κ1) is 11.0. The molecule has 1 aliphatic heterocycles. The van der Waals surface area contributed by atoms with Crippen LogP contribution < -0.4 is 11.1 Å². The van der Waals surface area contributed by atoms with Crippen molar-refractivity contribution in [2.45, 2.75) is 6.92 Å². The minimum atomic E-state index is 0.531. The van der Waals surface area contributed by atoms with Gasteiger partial charge in [-0.2, -0.15) is 0 Å². The Bertz CT molecular complexity index is 622. The number of halogens is 1. The number of hydrogen-bond acceptors (Lipinski definition) is 4. The molecule has 88 valence electrons. The normalized spacial score (nSPS) is 15.1. The van der Waals surface area contributed by atoms with E-state index in [0.29, 0.717) is 5.82 Å². The molecule has 17 heavy (non-hydrogen) atoms. The lowest BCUT2D eigenvalue weighted by Crippen LogP contribution is -2.33. The van der Waals surface area contributed by atoms with E-state index in [1.807, 2.05) is 6.92 Å². The maximum atomic E-state index is 5.91. The molecule has 0 bridgehead atoms. The van der Waals surface area contributed by atoms with Crippen LogP contribution in [0.5, 0.6) is 0 Å². The quantitative estimate of drug-likeness (QED) is 0.766. The highest BCUT2D eigenvalue weighted by atomic mass is 127. The van der Waals surface area contributed by atoms with E-state index in [2.05, 4.69) is 48.4 Å². The Morgan fingerprint density at radius 3 is 2.94 bits per heavy atom. The summed E-state index contributed by atoms with van der Waals surface area (Å²) in [4.78, 5) is 8.69. The van der Waals surface area contributed by atoms with Gasteiger partial charge in [0.25, 0.3) is 0 Å². The number of anilines is 1. The van der Waals surface area contributed by atoms with E-state index < -0.39 is 0 Å². The molecule has 6 heteroatoms. The maximum absolute atomic E-state index is 5.91. The maximum Gasteiger partial charge on any atom is 0.150 e. The number of aryl methyl sites for hydroxylation is 1. The minimum Gasteiger partial charge on any atom is -0.382 e. The van der Waals surface area contributed by atoms with Crippen molar-refractivity contribution < 1.29 is 0 Å². The summed E-state index contributed by atoms with van der Waals surface area (Å²) in [6, 6.07) is 0. The molecule has 0 spiro atoms. The van der Waals surface area contributed by atoms with Crippen LogP contribution in [0.25, 0.3) is 11.6 Å². The van der Waals surface area contributed by atoms with Gasteiger partial charge in [0.05, 0.1) is 11.9 Å². The fraction of sp³-hybridized carbons (Fsp3) is 0.273. The molecule has 1 aliphatic rings. The molecule has 2 aromatic heterocycles. The molecule has 3 rings (SSSR count). The van der Waals surface area contributed by atoms with Gasteiger partial charge in [0, 0.05) is 13.1 Å². The predicted molar refractivity (Wildman–Crippen MR) is 75.7 cm³/mol. The molecule has 0 unspecified atom stereocenters. The largest absolute Gasteiger partial charge is 0.382 e. The lowest BCUT2D eigenvalue weighted by molar-refractivity contribution is 0.674. The number of nitrogens with two attached hydrogens (primary N) is 1. The van der Waals surface area contributed by atoms with Crippen molar-refractivity contribution >= 4 is 40.0 Å². The van der Waals surface area contributed by atoms with Crippen LogP contribution in [0.1, 0.15) is 11.5 Å². The van der Waals surface area contributed by atoms with Gasteiger partial charge in [-0.05, 0) is 41.2 Å². The molecule has 0 aliphatic carbocycles. The third-order valence-electron chi connectivity index (χ3n) is 2.90. The van der Waals surface area contributed by atoms with Crippen LogP contribution >= 0.6 is 22.6 Å². The highest BCUT2D eigenvalue weighted by Gasteiger charge is 2.14. The molecule has 0 atom stereocenters. The van der Waals surface area contributed by atoms with Gasteiger partial charge in [-0.15, -0.1) is 0 Å². The molecular formula is C11H12IN5. The number of nitrogens with zero attached hydrogens (tertiary/aromatic N) is 3. The monoisotopic (exact) mass is 341 g/mol. The fourth-order valence-electron chi connectivity index (χ4n) is 1.97. The number of aromatic nitrogens is 3. The van der Waals surface area contributed by atoms with Gasteiger partial charge in [0.15, 0.2) is 5.82 Å². The summed E-state index contributed by atoms with van der Waals surface area (Å²) < 4.78 is 2.96. The van der Waals surface area contributed by atoms with Crippen LogP contribution in [0.3, 0.4) is 0 Å². The average Bonchev–Trinajstić information content (AvgIpc) is 2.52. The van der Waals surface area contributed by atoms with Gasteiger partial charge in [-0.25, -0.2) is 9.97 Å². The molecule has 0 aromatic carbocycles. The van der Waals surface area contributed by atoms with E-state index in [1.165, 1.54) is 5.57 Å². The van der Waals surface area contributed by atoms with Crippen molar-refractivity contribution in [2.75, 3.05) is 18.8 Å². The lowest BCUT2D eigenvalue weighted by Gasteiger charge is -2.18. The predicted octanol–water partition coefficient (Wildman–Crippen LogP) is 1.21. The summed E-state index contributed by atoms with van der Waals surface area (Å²) in [5.41, 5.74) is 9.23. The Morgan fingerprint density at radius 2 is 2.29 bits per heavy atom. The van der Waals surface area contributed by atoms with Gasteiger partial charge < -0.3 is 11.1 Å². The van der Waals surface area contributed by atoms with Crippen LogP contribution in [0.15, 0.2) is 11.8 Å².